The Morgan fingerprint density at radius 1 is 1.06 bits per heavy atom. The van der Waals surface area contributed by atoms with Gasteiger partial charge in [0.15, 0.2) is 0 Å². The number of sulfonamides is 1. The Balaban J connectivity index is 1.66. The average Bonchev–Trinajstić information content (AvgIpc) is 3.06. The monoisotopic (exact) mass is 487 g/mol. The zero-order chi connectivity index (χ0) is 22.9. The minimum atomic E-state index is -4.06. The minimum absolute atomic E-state index is 0.0446. The zero-order valence-corrected chi connectivity index (χ0v) is 19.2. The van der Waals surface area contributed by atoms with Crippen LogP contribution in [0.3, 0.4) is 0 Å². The van der Waals surface area contributed by atoms with E-state index in [0.29, 0.717) is 5.69 Å². The van der Waals surface area contributed by atoms with E-state index < -0.39 is 22.5 Å². The van der Waals surface area contributed by atoms with Crippen LogP contribution in [0.4, 0.5) is 11.4 Å². The smallest absolute Gasteiger partial charge is 0.307 e. The Bertz CT molecular complexity index is 1460. The summed E-state index contributed by atoms with van der Waals surface area (Å²) in [6.07, 6.45) is 0. The molecule has 0 bridgehead atoms. The van der Waals surface area contributed by atoms with Gasteiger partial charge in [0.25, 0.3) is 10.0 Å². The molecule has 3 aromatic carbocycles. The van der Waals surface area contributed by atoms with Crippen LogP contribution in [-0.4, -0.2) is 25.4 Å². The molecule has 164 valence electrons. The standard InChI is InChI=1S/C22H18ClN3O4S2/c1-25-19-12-11-15(13-20(19)31-22(25)28)24-21(27)14-26(18-10-6-5-9-17(18)23)32(29,30)16-7-3-2-4-8-16/h2-13H,14H2,1H3,(H,24,27). The number of aromatic nitrogens is 1. The van der Waals surface area contributed by atoms with Crippen molar-refractivity contribution in [2.24, 2.45) is 7.05 Å². The van der Waals surface area contributed by atoms with Crippen LogP contribution in [0, 0.1) is 0 Å². The van der Waals surface area contributed by atoms with E-state index in [-0.39, 0.29) is 20.5 Å². The third-order valence-electron chi connectivity index (χ3n) is 4.82. The van der Waals surface area contributed by atoms with Gasteiger partial charge in [0, 0.05) is 12.7 Å². The molecule has 4 rings (SSSR count). The van der Waals surface area contributed by atoms with E-state index in [1.807, 2.05) is 0 Å². The number of hydrogen-bond donors (Lipinski definition) is 1. The fourth-order valence-corrected chi connectivity index (χ4v) is 5.88. The highest BCUT2D eigenvalue weighted by atomic mass is 35.5. The van der Waals surface area contributed by atoms with E-state index in [0.717, 1.165) is 25.9 Å². The molecular weight excluding hydrogens is 470 g/mol. The summed E-state index contributed by atoms with van der Waals surface area (Å²) in [5.74, 6) is -0.549. The van der Waals surface area contributed by atoms with Gasteiger partial charge in [-0.25, -0.2) is 8.42 Å². The van der Waals surface area contributed by atoms with Gasteiger partial charge >= 0.3 is 4.87 Å². The van der Waals surface area contributed by atoms with Gasteiger partial charge in [0.2, 0.25) is 5.91 Å². The second kappa shape index (κ2) is 8.78. The van der Waals surface area contributed by atoms with Crippen molar-refractivity contribution in [2.75, 3.05) is 16.2 Å². The first-order chi connectivity index (χ1) is 15.3. The molecule has 1 N–H and O–H groups in total. The normalized spacial score (nSPS) is 11.4. The number of nitrogens with one attached hydrogen (secondary N) is 1. The molecule has 1 aromatic heterocycles. The van der Waals surface area contributed by atoms with Gasteiger partial charge in [-0.3, -0.25) is 13.9 Å². The first kappa shape index (κ1) is 22.1. The summed E-state index contributed by atoms with van der Waals surface area (Å²) in [4.78, 5) is 24.7. The maximum atomic E-state index is 13.3. The van der Waals surface area contributed by atoms with Gasteiger partial charge in [-0.2, -0.15) is 0 Å². The minimum Gasteiger partial charge on any atom is -0.324 e. The number of hydrogen-bond acceptors (Lipinski definition) is 5. The van der Waals surface area contributed by atoms with Gasteiger partial charge in [-0.1, -0.05) is 53.3 Å². The number of aryl methyl sites for hydroxylation is 1. The summed E-state index contributed by atoms with van der Waals surface area (Å²) in [6, 6.07) is 19.4. The molecule has 0 fully saturated rings. The van der Waals surface area contributed by atoms with Crippen LogP contribution in [0.1, 0.15) is 0 Å². The number of benzene rings is 3. The van der Waals surface area contributed by atoms with Crippen molar-refractivity contribution in [1.82, 2.24) is 4.57 Å². The lowest BCUT2D eigenvalue weighted by Crippen LogP contribution is -2.38. The number of carbonyl (C=O) groups is 1. The molecule has 0 aliphatic carbocycles. The van der Waals surface area contributed by atoms with E-state index in [1.54, 1.807) is 67.7 Å². The van der Waals surface area contributed by atoms with Crippen molar-refractivity contribution in [2.45, 2.75) is 4.90 Å². The van der Waals surface area contributed by atoms with Gasteiger partial charge in [0.1, 0.15) is 6.54 Å². The molecular formula is C22H18ClN3O4S2. The van der Waals surface area contributed by atoms with Gasteiger partial charge in [-0.15, -0.1) is 0 Å². The number of para-hydroxylation sites is 1. The van der Waals surface area contributed by atoms with Crippen LogP contribution in [-0.2, 0) is 21.9 Å². The highest BCUT2D eigenvalue weighted by molar-refractivity contribution is 7.92. The maximum Gasteiger partial charge on any atom is 0.307 e. The number of rotatable bonds is 6. The van der Waals surface area contributed by atoms with Crippen LogP contribution in [0.25, 0.3) is 10.2 Å². The maximum absolute atomic E-state index is 13.3. The molecule has 1 amide bonds. The lowest BCUT2D eigenvalue weighted by atomic mass is 10.3. The molecule has 7 nitrogen and oxygen atoms in total. The average molecular weight is 488 g/mol. The van der Waals surface area contributed by atoms with E-state index in [1.165, 1.54) is 16.7 Å². The summed E-state index contributed by atoms with van der Waals surface area (Å²) in [5.41, 5.74) is 1.41. The largest absolute Gasteiger partial charge is 0.324 e. The molecule has 32 heavy (non-hydrogen) atoms. The Kier molecular flexibility index (Phi) is 6.05. The number of nitrogens with zero attached hydrogens (tertiary/aromatic N) is 2. The predicted octanol–water partition coefficient (Wildman–Crippen LogP) is 4.09. The second-order valence-corrected chi connectivity index (χ2v) is 10.2. The Labute approximate surface area is 193 Å². The van der Waals surface area contributed by atoms with Crippen LogP contribution in [0.2, 0.25) is 5.02 Å². The number of anilines is 2. The van der Waals surface area contributed by atoms with Gasteiger partial charge in [0.05, 0.1) is 25.8 Å². The lowest BCUT2D eigenvalue weighted by Gasteiger charge is -2.25. The van der Waals surface area contributed by atoms with Crippen molar-refractivity contribution in [1.29, 1.82) is 0 Å². The van der Waals surface area contributed by atoms with Crippen LogP contribution in [0.5, 0.6) is 0 Å². The van der Waals surface area contributed by atoms with Crippen molar-refractivity contribution in [3.8, 4) is 0 Å². The molecule has 0 saturated heterocycles. The molecule has 1 heterocycles. The Hall–Kier alpha value is -3.14. The van der Waals surface area contributed by atoms with Gasteiger partial charge < -0.3 is 9.88 Å². The Morgan fingerprint density at radius 2 is 1.75 bits per heavy atom. The fourth-order valence-electron chi connectivity index (χ4n) is 3.22. The van der Waals surface area contributed by atoms with E-state index in [2.05, 4.69) is 5.32 Å². The topological polar surface area (TPSA) is 88.5 Å². The fraction of sp³-hybridized carbons (Fsp3) is 0.0909. The second-order valence-electron chi connectivity index (χ2n) is 6.93. The summed E-state index contributed by atoms with van der Waals surface area (Å²) >= 11 is 7.34. The number of halogens is 1. The SMILES string of the molecule is Cn1c(=O)sc2cc(NC(=O)CN(c3ccccc3Cl)S(=O)(=O)c3ccccc3)ccc21. The lowest BCUT2D eigenvalue weighted by molar-refractivity contribution is -0.114. The summed E-state index contributed by atoms with van der Waals surface area (Å²) in [7, 11) is -2.38. The summed E-state index contributed by atoms with van der Waals surface area (Å²) in [6.45, 7) is -0.482. The van der Waals surface area contributed by atoms with Crippen molar-refractivity contribution in [3.63, 3.8) is 0 Å². The van der Waals surface area contributed by atoms with Crippen LogP contribution >= 0.6 is 22.9 Å². The number of thiazole rings is 1. The highest BCUT2D eigenvalue weighted by Gasteiger charge is 2.28. The van der Waals surface area contributed by atoms with Crippen LogP contribution < -0.4 is 14.5 Å². The number of carbonyl (C=O) groups excluding carboxylic acids is 1. The van der Waals surface area contributed by atoms with Crippen LogP contribution in [0.15, 0.2) is 82.5 Å². The van der Waals surface area contributed by atoms with E-state index in [9.17, 15) is 18.0 Å². The summed E-state index contributed by atoms with van der Waals surface area (Å²) < 4.78 is 29.9. The van der Waals surface area contributed by atoms with Gasteiger partial charge in [-0.05, 0) is 42.5 Å². The van der Waals surface area contributed by atoms with E-state index >= 15 is 0 Å². The summed E-state index contributed by atoms with van der Waals surface area (Å²) in [5, 5.41) is 2.92. The van der Waals surface area contributed by atoms with Crippen molar-refractivity contribution in [3.05, 3.63) is 87.5 Å². The quantitative estimate of drug-likeness (QED) is 0.443. The van der Waals surface area contributed by atoms with E-state index in [4.69, 9.17) is 11.6 Å². The molecule has 0 aliphatic rings. The third-order valence-corrected chi connectivity index (χ3v) is 7.90. The van der Waals surface area contributed by atoms with Crippen molar-refractivity contribution >= 4 is 60.5 Å². The third kappa shape index (κ3) is 4.27. The Morgan fingerprint density at radius 3 is 2.47 bits per heavy atom. The van der Waals surface area contributed by atoms with Crippen molar-refractivity contribution < 1.29 is 13.2 Å². The molecule has 0 aliphatic heterocycles. The number of fused-ring (bicyclic) bond motifs is 1. The molecule has 0 unspecified atom stereocenters. The molecule has 0 radical (unpaired) electrons. The predicted molar refractivity (Wildman–Crippen MR) is 128 cm³/mol. The highest BCUT2D eigenvalue weighted by Crippen LogP contribution is 2.30. The molecule has 0 atom stereocenters. The molecule has 4 aromatic rings. The molecule has 0 spiro atoms. The first-order valence-corrected chi connectivity index (χ1v) is 12.1. The molecule has 10 heteroatoms. The number of amides is 1. The molecule has 0 saturated carbocycles. The first-order valence-electron chi connectivity index (χ1n) is 9.49. The zero-order valence-electron chi connectivity index (χ0n) is 16.9.